The molecule has 0 amide bonds. The lowest BCUT2D eigenvalue weighted by Crippen LogP contribution is -2.05. The Hall–Kier alpha value is -5.28. The number of nitrogens with one attached hydrogen (secondary N) is 2. The summed E-state index contributed by atoms with van der Waals surface area (Å²) < 4.78 is 0. The number of nitriles is 2. The fraction of sp³-hybridized carbons (Fsp3) is 0.0400. The van der Waals surface area contributed by atoms with Crippen LogP contribution in [0.3, 0.4) is 0 Å². The van der Waals surface area contributed by atoms with Crippen molar-refractivity contribution >= 4 is 45.8 Å². The number of para-hydroxylation sites is 1. The Morgan fingerprint density at radius 2 is 1.79 bits per heavy atom. The number of fused-ring (bicyclic) bond motifs is 1. The minimum absolute atomic E-state index is 0.137. The number of allylic oxidation sites excluding steroid dienone is 1. The molecule has 0 unspecified atom stereocenters. The summed E-state index contributed by atoms with van der Waals surface area (Å²) in [5.41, 5.74) is 3.20. The Balaban J connectivity index is 1.78. The van der Waals surface area contributed by atoms with Crippen LogP contribution in [0.2, 0.25) is 0 Å². The molecule has 3 aromatic carbocycles. The van der Waals surface area contributed by atoms with Crippen molar-refractivity contribution in [2.45, 2.75) is 6.92 Å². The third-order valence-electron chi connectivity index (χ3n) is 5.00. The van der Waals surface area contributed by atoms with Gasteiger partial charge in [-0.1, -0.05) is 12.1 Å². The van der Waals surface area contributed by atoms with Gasteiger partial charge in [-0.2, -0.15) is 15.5 Å². The molecule has 0 atom stereocenters. The highest BCUT2D eigenvalue weighted by atomic mass is 16.6. The van der Waals surface area contributed by atoms with Gasteiger partial charge in [0.1, 0.15) is 11.5 Å². The number of nitro groups is 1. The van der Waals surface area contributed by atoms with Crippen LogP contribution in [-0.4, -0.2) is 14.9 Å². The molecule has 0 aliphatic carbocycles. The number of nitro benzene ring substituents is 1. The van der Waals surface area contributed by atoms with Gasteiger partial charge in [0, 0.05) is 23.2 Å². The molecule has 0 bridgehead atoms. The average molecular weight is 447 g/mol. The number of nitrogens with zero attached hydrogens (tertiary/aromatic N) is 5. The van der Waals surface area contributed by atoms with Gasteiger partial charge in [-0.15, -0.1) is 0 Å². The third-order valence-corrected chi connectivity index (χ3v) is 5.00. The molecule has 1 aromatic heterocycles. The molecule has 1 heterocycles. The summed E-state index contributed by atoms with van der Waals surface area (Å²) in [7, 11) is 0. The van der Waals surface area contributed by atoms with Gasteiger partial charge in [-0.05, 0) is 66.6 Å². The van der Waals surface area contributed by atoms with Crippen molar-refractivity contribution in [3.63, 3.8) is 0 Å². The monoisotopic (exact) mass is 447 g/mol. The molecule has 0 aliphatic heterocycles. The molecule has 0 fully saturated rings. The first-order chi connectivity index (χ1) is 16.5. The summed E-state index contributed by atoms with van der Waals surface area (Å²) in [4.78, 5) is 20.5. The molecule has 9 heteroatoms. The van der Waals surface area contributed by atoms with Gasteiger partial charge in [0.25, 0.3) is 5.69 Å². The quantitative estimate of drug-likeness (QED) is 0.216. The van der Waals surface area contributed by atoms with Crippen molar-refractivity contribution in [3.05, 3.63) is 93.5 Å². The SMILES string of the molecule is Cc1cc(C=CC#N)cc([N+](=O)[O-])c1Nc1nc(Nc2ccc(C#N)cc2)nc2ccccc12. The predicted molar refractivity (Wildman–Crippen MR) is 130 cm³/mol. The van der Waals surface area contributed by atoms with E-state index in [4.69, 9.17) is 10.5 Å². The Bertz CT molecular complexity index is 1510. The lowest BCUT2D eigenvalue weighted by atomic mass is 10.1. The summed E-state index contributed by atoms with van der Waals surface area (Å²) in [6, 6.07) is 21.3. The number of aryl methyl sites for hydroxylation is 1. The minimum Gasteiger partial charge on any atom is -0.334 e. The molecule has 0 spiro atoms. The smallest absolute Gasteiger partial charge is 0.293 e. The van der Waals surface area contributed by atoms with E-state index in [0.29, 0.717) is 50.7 Å². The zero-order chi connectivity index (χ0) is 24.1. The number of aromatic nitrogens is 2. The maximum absolute atomic E-state index is 11.8. The molecule has 4 aromatic rings. The van der Waals surface area contributed by atoms with E-state index in [9.17, 15) is 10.1 Å². The number of hydrogen-bond acceptors (Lipinski definition) is 8. The van der Waals surface area contributed by atoms with Crippen molar-refractivity contribution in [2.24, 2.45) is 0 Å². The van der Waals surface area contributed by atoms with Crippen molar-refractivity contribution in [3.8, 4) is 12.1 Å². The van der Waals surface area contributed by atoms with Crippen LogP contribution in [-0.2, 0) is 0 Å². The van der Waals surface area contributed by atoms with Crippen LogP contribution in [0.15, 0.2) is 66.7 Å². The van der Waals surface area contributed by atoms with Gasteiger partial charge in [0.2, 0.25) is 5.95 Å². The lowest BCUT2D eigenvalue weighted by Gasteiger charge is -2.14. The highest BCUT2D eigenvalue weighted by molar-refractivity contribution is 5.93. The molecular formula is C25H17N7O2. The number of hydrogen-bond donors (Lipinski definition) is 2. The van der Waals surface area contributed by atoms with Gasteiger partial charge < -0.3 is 10.6 Å². The van der Waals surface area contributed by atoms with Gasteiger partial charge in [-0.25, -0.2) is 4.98 Å². The van der Waals surface area contributed by atoms with E-state index in [2.05, 4.69) is 26.7 Å². The van der Waals surface area contributed by atoms with E-state index >= 15 is 0 Å². The first-order valence-electron chi connectivity index (χ1n) is 10.1. The molecule has 2 N–H and O–H groups in total. The van der Waals surface area contributed by atoms with Crippen molar-refractivity contribution in [1.82, 2.24) is 9.97 Å². The Morgan fingerprint density at radius 1 is 1.03 bits per heavy atom. The van der Waals surface area contributed by atoms with Gasteiger partial charge in [-0.3, -0.25) is 10.1 Å². The van der Waals surface area contributed by atoms with E-state index in [0.717, 1.165) is 0 Å². The molecule has 9 nitrogen and oxygen atoms in total. The lowest BCUT2D eigenvalue weighted by molar-refractivity contribution is -0.384. The molecule has 0 saturated carbocycles. The maximum Gasteiger partial charge on any atom is 0.293 e. The maximum atomic E-state index is 11.8. The molecule has 4 rings (SSSR count). The topological polar surface area (TPSA) is 141 Å². The van der Waals surface area contributed by atoms with Gasteiger partial charge in [0.15, 0.2) is 0 Å². The zero-order valence-corrected chi connectivity index (χ0v) is 18.0. The van der Waals surface area contributed by atoms with E-state index in [1.165, 1.54) is 18.2 Å². The summed E-state index contributed by atoms with van der Waals surface area (Å²) in [6.07, 6.45) is 2.79. The Morgan fingerprint density at radius 3 is 2.50 bits per heavy atom. The Labute approximate surface area is 194 Å². The largest absolute Gasteiger partial charge is 0.334 e. The van der Waals surface area contributed by atoms with Crippen LogP contribution >= 0.6 is 0 Å². The molecular weight excluding hydrogens is 430 g/mol. The van der Waals surface area contributed by atoms with Crippen LogP contribution in [0.5, 0.6) is 0 Å². The summed E-state index contributed by atoms with van der Waals surface area (Å²) in [6.45, 7) is 1.75. The van der Waals surface area contributed by atoms with Crippen molar-refractivity contribution < 1.29 is 4.92 Å². The fourth-order valence-corrected chi connectivity index (χ4v) is 3.44. The third kappa shape index (κ3) is 4.64. The highest BCUT2D eigenvalue weighted by Gasteiger charge is 2.19. The number of anilines is 4. The second-order valence-electron chi connectivity index (χ2n) is 7.30. The van der Waals surface area contributed by atoms with E-state index in [1.807, 2.05) is 30.3 Å². The van der Waals surface area contributed by atoms with E-state index in [-0.39, 0.29) is 5.69 Å². The van der Waals surface area contributed by atoms with Crippen LogP contribution in [0.1, 0.15) is 16.7 Å². The van der Waals surface area contributed by atoms with Gasteiger partial charge >= 0.3 is 0 Å². The minimum atomic E-state index is -0.474. The van der Waals surface area contributed by atoms with Crippen LogP contribution in [0, 0.1) is 39.7 Å². The second kappa shape index (κ2) is 9.47. The zero-order valence-electron chi connectivity index (χ0n) is 18.0. The first kappa shape index (κ1) is 21.9. The summed E-state index contributed by atoms with van der Waals surface area (Å²) in [5, 5.41) is 36.5. The normalized spacial score (nSPS) is 10.6. The fourth-order valence-electron chi connectivity index (χ4n) is 3.44. The predicted octanol–water partition coefficient (Wildman–Crippen LogP) is 5.74. The molecule has 34 heavy (non-hydrogen) atoms. The highest BCUT2D eigenvalue weighted by Crippen LogP contribution is 2.35. The van der Waals surface area contributed by atoms with Crippen molar-refractivity contribution in [2.75, 3.05) is 10.6 Å². The number of rotatable bonds is 6. The van der Waals surface area contributed by atoms with E-state index < -0.39 is 4.92 Å². The van der Waals surface area contributed by atoms with Crippen molar-refractivity contribution in [1.29, 1.82) is 10.5 Å². The first-order valence-corrected chi connectivity index (χ1v) is 10.1. The molecule has 0 saturated heterocycles. The molecule has 164 valence electrons. The van der Waals surface area contributed by atoms with Crippen LogP contribution < -0.4 is 10.6 Å². The molecule has 0 radical (unpaired) electrons. The average Bonchev–Trinajstić information content (AvgIpc) is 2.84. The summed E-state index contributed by atoms with van der Waals surface area (Å²) in [5.74, 6) is 0.688. The number of benzene rings is 3. The van der Waals surface area contributed by atoms with Gasteiger partial charge in [0.05, 0.1) is 28.1 Å². The van der Waals surface area contributed by atoms with E-state index in [1.54, 1.807) is 37.3 Å². The second-order valence-corrected chi connectivity index (χ2v) is 7.30. The molecule has 0 aliphatic rings. The Kier molecular flexibility index (Phi) is 6.11. The van der Waals surface area contributed by atoms with Crippen LogP contribution in [0.25, 0.3) is 17.0 Å². The van der Waals surface area contributed by atoms with Crippen LogP contribution in [0.4, 0.5) is 28.8 Å². The standard InChI is InChI=1S/C25H17N7O2/c1-16-13-18(5-4-12-26)14-22(32(33)34)23(16)30-24-20-6-2-3-7-21(20)29-25(31-24)28-19-10-8-17(15-27)9-11-19/h2-11,13-14H,1H3,(H2,28,29,30,31). The summed E-state index contributed by atoms with van der Waals surface area (Å²) >= 11 is 0.